The molecule has 2 aromatic rings. The zero-order valence-electron chi connectivity index (χ0n) is 13.9. The lowest BCUT2D eigenvalue weighted by Crippen LogP contribution is -2.15. The van der Waals surface area contributed by atoms with Gasteiger partial charge in [-0.15, -0.1) is 0 Å². The Balaban J connectivity index is 2.10. The second-order valence-electron chi connectivity index (χ2n) is 5.31. The van der Waals surface area contributed by atoms with Crippen LogP contribution < -0.4 is 10.6 Å². The summed E-state index contributed by atoms with van der Waals surface area (Å²) in [5.41, 5.74) is 0.543. The molecule has 0 aliphatic carbocycles. The number of nitrogens with zero attached hydrogens (tertiary/aromatic N) is 2. The number of benzene rings is 2. The number of anilines is 2. The number of nitro groups is 1. The molecule has 1 amide bonds. The highest BCUT2D eigenvalue weighted by Gasteiger charge is 2.17. The normalized spacial score (nSPS) is 10.6. The first-order valence-corrected chi connectivity index (χ1v) is 7.63. The van der Waals surface area contributed by atoms with E-state index in [4.69, 9.17) is 10.4 Å². The number of amides is 1. The molecule has 2 rings (SSSR count). The minimum absolute atomic E-state index is 0.0216. The number of nitriles is 1. The fourth-order valence-electron chi connectivity index (χ4n) is 2.13. The smallest absolute Gasteiger partial charge is 0.307 e. The minimum atomic E-state index is -0.950. The number of hydrogen-bond donors (Lipinski definition) is 3. The Bertz CT molecular complexity index is 945. The molecule has 0 saturated heterocycles. The molecule has 0 unspecified atom stereocenters. The van der Waals surface area contributed by atoms with Crippen molar-refractivity contribution < 1.29 is 19.6 Å². The summed E-state index contributed by atoms with van der Waals surface area (Å²) < 4.78 is 0. The molecular weight excluding hydrogens is 352 g/mol. The van der Waals surface area contributed by atoms with Gasteiger partial charge in [0.05, 0.1) is 11.3 Å². The number of carbonyl (C=O) groups is 2. The number of carboxylic acids is 1. The van der Waals surface area contributed by atoms with Gasteiger partial charge in [-0.2, -0.15) is 5.26 Å². The van der Waals surface area contributed by atoms with E-state index >= 15 is 0 Å². The van der Waals surface area contributed by atoms with Crippen LogP contribution in [0.2, 0.25) is 0 Å². The molecule has 0 aliphatic rings. The van der Waals surface area contributed by atoms with E-state index in [1.54, 1.807) is 30.3 Å². The molecule has 0 heterocycles. The van der Waals surface area contributed by atoms with Crippen LogP contribution in [0.25, 0.3) is 0 Å². The summed E-state index contributed by atoms with van der Waals surface area (Å²) in [5.74, 6) is -1.75. The van der Waals surface area contributed by atoms with Crippen LogP contribution in [0, 0.1) is 21.4 Å². The van der Waals surface area contributed by atoms with Crippen LogP contribution in [0.15, 0.2) is 60.3 Å². The van der Waals surface area contributed by atoms with Crippen molar-refractivity contribution >= 4 is 28.9 Å². The lowest BCUT2D eigenvalue weighted by molar-refractivity contribution is -0.383. The van der Waals surface area contributed by atoms with E-state index in [0.29, 0.717) is 11.3 Å². The van der Waals surface area contributed by atoms with Crippen LogP contribution >= 0.6 is 0 Å². The van der Waals surface area contributed by atoms with Gasteiger partial charge in [0, 0.05) is 18.0 Å². The van der Waals surface area contributed by atoms with Crippen molar-refractivity contribution in [1.82, 2.24) is 0 Å². The number of para-hydroxylation sites is 2. The van der Waals surface area contributed by atoms with Crippen molar-refractivity contribution in [2.24, 2.45) is 0 Å². The third-order valence-electron chi connectivity index (χ3n) is 3.41. The van der Waals surface area contributed by atoms with Gasteiger partial charge >= 0.3 is 5.97 Å². The van der Waals surface area contributed by atoms with Gasteiger partial charge in [0.15, 0.2) is 0 Å². The maximum atomic E-state index is 12.2. The molecule has 0 radical (unpaired) electrons. The Morgan fingerprint density at radius 2 is 1.85 bits per heavy atom. The average Bonchev–Trinajstić information content (AvgIpc) is 2.63. The molecule has 9 heteroatoms. The minimum Gasteiger partial charge on any atom is -0.481 e. The van der Waals surface area contributed by atoms with Crippen molar-refractivity contribution in [3.8, 4) is 6.07 Å². The Morgan fingerprint density at radius 3 is 2.44 bits per heavy atom. The number of carboxylic acid groups (broad SMARTS) is 1. The second kappa shape index (κ2) is 8.77. The van der Waals surface area contributed by atoms with Crippen LogP contribution in [0.4, 0.5) is 17.1 Å². The number of rotatable bonds is 7. The lowest BCUT2D eigenvalue weighted by Gasteiger charge is -2.06. The Hall–Kier alpha value is -4.19. The van der Waals surface area contributed by atoms with E-state index in [1.165, 1.54) is 24.3 Å². The van der Waals surface area contributed by atoms with Crippen LogP contribution in [0.3, 0.4) is 0 Å². The SMILES string of the molecule is N#C/C(=C/Nc1ccc(CC(=O)O)cc1)C(=O)Nc1ccccc1[N+](=O)[O-]. The molecule has 27 heavy (non-hydrogen) atoms. The van der Waals surface area contributed by atoms with Crippen LogP contribution in [0.5, 0.6) is 0 Å². The van der Waals surface area contributed by atoms with E-state index < -0.39 is 16.8 Å². The zero-order chi connectivity index (χ0) is 19.8. The van der Waals surface area contributed by atoms with Crippen molar-refractivity contribution in [1.29, 1.82) is 5.26 Å². The van der Waals surface area contributed by atoms with Crippen molar-refractivity contribution in [2.75, 3.05) is 10.6 Å². The highest BCUT2D eigenvalue weighted by atomic mass is 16.6. The topological polar surface area (TPSA) is 145 Å². The molecule has 136 valence electrons. The molecule has 0 atom stereocenters. The Morgan fingerprint density at radius 1 is 1.19 bits per heavy atom. The standard InChI is InChI=1S/C18H14N4O5/c19-10-13(11-20-14-7-5-12(6-8-14)9-17(23)24)18(25)21-15-3-1-2-4-16(15)22(26)27/h1-8,11,20H,9H2,(H,21,25)(H,23,24)/b13-11-. The van der Waals surface area contributed by atoms with Crippen LogP contribution in [-0.4, -0.2) is 21.9 Å². The summed E-state index contributed by atoms with van der Waals surface area (Å²) in [4.78, 5) is 33.2. The van der Waals surface area contributed by atoms with Gasteiger partial charge in [-0.3, -0.25) is 19.7 Å². The monoisotopic (exact) mass is 366 g/mol. The first kappa shape index (κ1) is 19.1. The maximum Gasteiger partial charge on any atom is 0.307 e. The first-order valence-electron chi connectivity index (χ1n) is 7.63. The van der Waals surface area contributed by atoms with Crippen LogP contribution in [-0.2, 0) is 16.0 Å². The fourth-order valence-corrected chi connectivity index (χ4v) is 2.13. The molecule has 0 aromatic heterocycles. The summed E-state index contributed by atoms with van der Waals surface area (Å²) in [6.45, 7) is 0. The number of nitrogens with one attached hydrogen (secondary N) is 2. The third-order valence-corrected chi connectivity index (χ3v) is 3.41. The molecule has 9 nitrogen and oxygen atoms in total. The zero-order valence-corrected chi connectivity index (χ0v) is 13.9. The number of nitro benzene ring substituents is 1. The summed E-state index contributed by atoms with van der Waals surface area (Å²) in [7, 11) is 0. The summed E-state index contributed by atoms with van der Waals surface area (Å²) in [5, 5.41) is 33.9. The maximum absolute atomic E-state index is 12.2. The van der Waals surface area contributed by atoms with Gasteiger partial charge in [0.1, 0.15) is 17.3 Å². The number of carbonyl (C=O) groups excluding carboxylic acids is 1. The van der Waals surface area contributed by atoms with Gasteiger partial charge in [-0.25, -0.2) is 0 Å². The summed E-state index contributed by atoms with van der Waals surface area (Å²) in [6.07, 6.45) is 1.05. The van der Waals surface area contributed by atoms with E-state index in [-0.39, 0.29) is 23.4 Å². The predicted molar refractivity (Wildman–Crippen MR) is 96.8 cm³/mol. The fraction of sp³-hybridized carbons (Fsp3) is 0.0556. The summed E-state index contributed by atoms with van der Waals surface area (Å²) >= 11 is 0. The van der Waals surface area contributed by atoms with E-state index in [0.717, 1.165) is 6.20 Å². The molecule has 0 saturated carbocycles. The van der Waals surface area contributed by atoms with E-state index in [9.17, 15) is 19.7 Å². The third kappa shape index (κ3) is 5.40. The predicted octanol–water partition coefficient (Wildman–Crippen LogP) is 2.68. The Labute approximate surface area is 153 Å². The number of hydrogen-bond acceptors (Lipinski definition) is 6. The van der Waals surface area contributed by atoms with Gasteiger partial charge in [-0.1, -0.05) is 24.3 Å². The molecule has 2 aromatic carbocycles. The van der Waals surface area contributed by atoms with Crippen molar-refractivity contribution in [3.05, 3.63) is 76.0 Å². The van der Waals surface area contributed by atoms with Gasteiger partial charge in [0.25, 0.3) is 11.6 Å². The largest absolute Gasteiger partial charge is 0.481 e. The van der Waals surface area contributed by atoms with Crippen molar-refractivity contribution in [3.63, 3.8) is 0 Å². The highest BCUT2D eigenvalue weighted by Crippen LogP contribution is 2.23. The second-order valence-corrected chi connectivity index (χ2v) is 5.31. The molecule has 0 aliphatic heterocycles. The average molecular weight is 366 g/mol. The molecule has 3 N–H and O–H groups in total. The van der Waals surface area contributed by atoms with Gasteiger partial charge in [-0.05, 0) is 23.8 Å². The quantitative estimate of drug-likeness (QED) is 0.295. The van der Waals surface area contributed by atoms with E-state index in [2.05, 4.69) is 10.6 Å². The first-order chi connectivity index (χ1) is 12.9. The van der Waals surface area contributed by atoms with Crippen LogP contribution in [0.1, 0.15) is 5.56 Å². The van der Waals surface area contributed by atoms with E-state index in [1.807, 2.05) is 0 Å². The number of aliphatic carboxylic acids is 1. The summed E-state index contributed by atoms with van der Waals surface area (Å²) in [6, 6.07) is 13.7. The molecule has 0 bridgehead atoms. The van der Waals surface area contributed by atoms with Crippen molar-refractivity contribution in [2.45, 2.75) is 6.42 Å². The van der Waals surface area contributed by atoms with Gasteiger partial charge < -0.3 is 15.7 Å². The molecular formula is C18H14N4O5. The van der Waals surface area contributed by atoms with Gasteiger partial charge in [0.2, 0.25) is 0 Å². The molecule has 0 spiro atoms. The highest BCUT2D eigenvalue weighted by molar-refractivity contribution is 6.07. The molecule has 0 fully saturated rings. The Kier molecular flexibility index (Phi) is 6.22. The lowest BCUT2D eigenvalue weighted by atomic mass is 10.1.